The zero-order valence-corrected chi connectivity index (χ0v) is 24.6. The van der Waals surface area contributed by atoms with Crippen molar-refractivity contribution in [2.24, 2.45) is 11.8 Å². The van der Waals surface area contributed by atoms with Gasteiger partial charge >= 0.3 is 5.97 Å². The lowest BCUT2D eigenvalue weighted by molar-refractivity contribution is -0.142. The molecule has 2 amide bonds. The van der Waals surface area contributed by atoms with E-state index in [0.29, 0.717) is 5.01 Å². The van der Waals surface area contributed by atoms with Crippen LogP contribution in [-0.4, -0.2) is 82.0 Å². The number of aromatic nitrogens is 1. The number of carbonyl (C=O) groups is 3. The minimum absolute atomic E-state index is 0.0439. The van der Waals surface area contributed by atoms with Crippen LogP contribution in [0.3, 0.4) is 0 Å². The molecular formula is C27H46N4O5S. The molecule has 0 radical (unpaired) electrons. The van der Waals surface area contributed by atoms with Gasteiger partial charge in [0.2, 0.25) is 11.8 Å². The van der Waals surface area contributed by atoms with Crippen molar-refractivity contribution in [2.45, 2.75) is 97.9 Å². The molecule has 0 bridgehead atoms. The normalized spacial score (nSPS) is 17.8. The van der Waals surface area contributed by atoms with Gasteiger partial charge in [-0.15, -0.1) is 11.3 Å². The summed E-state index contributed by atoms with van der Waals surface area (Å²) in [5.74, 6) is -0.845. The number of nitrogens with zero attached hydrogens (tertiary/aromatic N) is 3. The minimum Gasteiger partial charge on any atom is -0.461 e. The quantitative estimate of drug-likeness (QED) is 0.369. The van der Waals surface area contributed by atoms with Gasteiger partial charge in [-0.2, -0.15) is 0 Å². The van der Waals surface area contributed by atoms with E-state index in [4.69, 9.17) is 4.74 Å². The predicted octanol–water partition coefficient (Wildman–Crippen LogP) is 3.63. The van der Waals surface area contributed by atoms with E-state index in [9.17, 15) is 19.5 Å². The fourth-order valence-corrected chi connectivity index (χ4v) is 5.54. The van der Waals surface area contributed by atoms with Crippen LogP contribution < -0.4 is 5.32 Å². The smallest absolute Gasteiger partial charge is 0.357 e. The van der Waals surface area contributed by atoms with E-state index in [1.54, 1.807) is 24.3 Å². The summed E-state index contributed by atoms with van der Waals surface area (Å²) in [6.45, 7) is 15.6. The van der Waals surface area contributed by atoms with Crippen molar-refractivity contribution in [3.8, 4) is 0 Å². The Labute approximate surface area is 226 Å². The Bertz CT molecular complexity index is 912. The lowest BCUT2D eigenvalue weighted by atomic mass is 9.92. The van der Waals surface area contributed by atoms with Gasteiger partial charge in [-0.1, -0.05) is 34.1 Å². The molecule has 0 spiro atoms. The highest BCUT2D eigenvalue weighted by atomic mass is 32.1. The third-order valence-electron chi connectivity index (χ3n) is 7.59. The number of hydrogen-bond acceptors (Lipinski definition) is 8. The first-order chi connectivity index (χ1) is 17.3. The maximum Gasteiger partial charge on any atom is 0.357 e. The van der Waals surface area contributed by atoms with Crippen LogP contribution in [0.1, 0.15) is 95.7 Å². The number of esters is 1. The molecule has 1 aliphatic rings. The van der Waals surface area contributed by atoms with Gasteiger partial charge in [-0.25, -0.2) is 9.78 Å². The summed E-state index contributed by atoms with van der Waals surface area (Å²) in [7, 11) is 1.73. The molecule has 2 heterocycles. The first kappa shape index (κ1) is 31.2. The number of likely N-dealkylation sites (tertiary alicyclic amines) is 1. The third-order valence-corrected chi connectivity index (χ3v) is 8.53. The van der Waals surface area contributed by atoms with Crippen LogP contribution in [0.4, 0.5) is 0 Å². The fraction of sp³-hybridized carbons (Fsp3) is 0.778. The number of hydrogen-bond donors (Lipinski definition) is 2. The Morgan fingerprint density at radius 3 is 2.38 bits per heavy atom. The molecule has 0 aliphatic carbocycles. The maximum atomic E-state index is 13.8. The molecular weight excluding hydrogens is 492 g/mol. The van der Waals surface area contributed by atoms with E-state index >= 15 is 0 Å². The van der Waals surface area contributed by atoms with Crippen molar-refractivity contribution in [1.82, 2.24) is 20.1 Å². The first-order valence-electron chi connectivity index (χ1n) is 13.5. The summed E-state index contributed by atoms with van der Waals surface area (Å²) in [4.78, 5) is 47.2. The largest absolute Gasteiger partial charge is 0.461 e. The number of aliphatic hydroxyl groups is 1. The van der Waals surface area contributed by atoms with E-state index < -0.39 is 23.7 Å². The van der Waals surface area contributed by atoms with Gasteiger partial charge in [0.15, 0.2) is 5.69 Å². The number of likely N-dealkylation sites (N-methyl/N-ethyl adjacent to an activating group) is 1. The van der Waals surface area contributed by atoms with Crippen LogP contribution in [0.15, 0.2) is 5.38 Å². The van der Waals surface area contributed by atoms with E-state index in [2.05, 4.69) is 15.2 Å². The second-order valence-electron chi connectivity index (χ2n) is 10.9. The van der Waals surface area contributed by atoms with Crippen molar-refractivity contribution in [3.63, 3.8) is 0 Å². The highest BCUT2D eigenvalue weighted by Crippen LogP contribution is 2.28. The van der Waals surface area contributed by atoms with Crippen molar-refractivity contribution in [3.05, 3.63) is 16.1 Å². The maximum absolute atomic E-state index is 13.8. The summed E-state index contributed by atoms with van der Waals surface area (Å²) in [6.07, 6.45) is 2.20. The fourth-order valence-electron chi connectivity index (χ4n) is 4.75. The first-order valence-corrected chi connectivity index (χ1v) is 14.4. The Balaban J connectivity index is 2.18. The molecule has 0 aromatic carbocycles. The van der Waals surface area contributed by atoms with Gasteiger partial charge in [-0.05, 0) is 58.5 Å². The Morgan fingerprint density at radius 1 is 1.22 bits per heavy atom. The van der Waals surface area contributed by atoms with E-state index in [-0.39, 0.29) is 48.4 Å². The molecule has 0 saturated carbocycles. The summed E-state index contributed by atoms with van der Waals surface area (Å²) in [6, 6.07) is -0.967. The topological polar surface area (TPSA) is 112 Å². The molecule has 10 heteroatoms. The van der Waals surface area contributed by atoms with E-state index in [1.807, 2.05) is 41.5 Å². The second kappa shape index (κ2) is 13.7. The SMILES string of the molecule is CCOC(=O)c1csc([C@H](O)CC(C(C)C)N(C)C(=O)[C@@H](NC(=O)C(C)(C)N2CCCC2)[C@@H](C)CC)n1. The molecule has 9 nitrogen and oxygen atoms in total. The van der Waals surface area contributed by atoms with Crippen molar-refractivity contribution in [1.29, 1.82) is 0 Å². The Kier molecular flexibility index (Phi) is 11.5. The molecule has 1 aromatic rings. The summed E-state index contributed by atoms with van der Waals surface area (Å²) in [5.41, 5.74) is -0.525. The number of nitrogens with one attached hydrogen (secondary N) is 1. The lowest BCUT2D eigenvalue weighted by Crippen LogP contribution is -2.60. The van der Waals surface area contributed by atoms with Crippen molar-refractivity contribution < 1.29 is 24.2 Å². The van der Waals surface area contributed by atoms with Gasteiger partial charge in [-0.3, -0.25) is 14.5 Å². The van der Waals surface area contributed by atoms with Crippen molar-refractivity contribution >= 4 is 29.1 Å². The summed E-state index contributed by atoms with van der Waals surface area (Å²) >= 11 is 1.20. The monoisotopic (exact) mass is 538 g/mol. The van der Waals surface area contributed by atoms with Gasteiger partial charge in [0.1, 0.15) is 17.2 Å². The number of thiazole rings is 1. The average molecular weight is 539 g/mol. The Hall–Kier alpha value is -2.04. The van der Waals surface area contributed by atoms with Crippen LogP contribution in [0.5, 0.6) is 0 Å². The summed E-state index contributed by atoms with van der Waals surface area (Å²) < 4.78 is 4.99. The Morgan fingerprint density at radius 2 is 1.84 bits per heavy atom. The molecule has 4 atom stereocenters. The number of ether oxygens (including phenoxy) is 1. The molecule has 1 fully saturated rings. The number of aliphatic hydroxyl groups excluding tert-OH is 1. The predicted molar refractivity (Wildman–Crippen MR) is 145 cm³/mol. The van der Waals surface area contributed by atoms with Gasteiger partial charge in [0.05, 0.1) is 12.1 Å². The zero-order chi connectivity index (χ0) is 27.9. The third kappa shape index (κ3) is 7.74. The van der Waals surface area contributed by atoms with Crippen LogP contribution in [0.2, 0.25) is 0 Å². The van der Waals surface area contributed by atoms with Crippen LogP contribution in [-0.2, 0) is 14.3 Å². The van der Waals surface area contributed by atoms with Crippen LogP contribution in [0.25, 0.3) is 0 Å². The van der Waals surface area contributed by atoms with E-state index in [1.165, 1.54) is 11.3 Å². The molecule has 1 saturated heterocycles. The highest BCUT2D eigenvalue weighted by molar-refractivity contribution is 7.09. The van der Waals surface area contributed by atoms with Crippen LogP contribution >= 0.6 is 11.3 Å². The zero-order valence-electron chi connectivity index (χ0n) is 23.7. The standard InChI is InChI=1S/C27H46N4O5S/c1-9-18(5)22(29-26(35)27(6,7)31-13-11-12-14-31)24(33)30(8)20(17(3)4)15-21(32)23-28-19(16-37-23)25(34)36-10-2/h16-18,20-22,32H,9-15H2,1-8H3,(H,29,35)/t18-,20?,21+,22-/m0/s1. The lowest BCUT2D eigenvalue weighted by Gasteiger charge is -2.39. The second-order valence-corrected chi connectivity index (χ2v) is 11.8. The highest BCUT2D eigenvalue weighted by Gasteiger charge is 2.40. The number of amides is 2. The molecule has 2 N–H and O–H groups in total. The van der Waals surface area contributed by atoms with Gasteiger partial charge in [0.25, 0.3) is 0 Å². The molecule has 1 unspecified atom stereocenters. The molecule has 210 valence electrons. The molecule has 1 aromatic heterocycles. The van der Waals surface area contributed by atoms with Crippen molar-refractivity contribution in [2.75, 3.05) is 26.7 Å². The van der Waals surface area contributed by atoms with Gasteiger partial charge < -0.3 is 20.1 Å². The van der Waals surface area contributed by atoms with Crippen LogP contribution in [0, 0.1) is 11.8 Å². The molecule has 37 heavy (non-hydrogen) atoms. The minimum atomic E-state index is -0.943. The number of rotatable bonds is 13. The molecule has 1 aliphatic heterocycles. The van der Waals surface area contributed by atoms with Gasteiger partial charge in [0, 0.05) is 24.9 Å². The average Bonchev–Trinajstić information content (AvgIpc) is 3.57. The van der Waals surface area contributed by atoms with E-state index in [0.717, 1.165) is 32.4 Å². The number of carbonyl (C=O) groups excluding carboxylic acids is 3. The summed E-state index contributed by atoms with van der Waals surface area (Å²) in [5, 5.41) is 16.0. The molecule has 2 rings (SSSR count).